The van der Waals surface area contributed by atoms with Gasteiger partial charge >= 0.3 is 0 Å². The van der Waals surface area contributed by atoms with Crippen molar-refractivity contribution in [3.8, 4) is 0 Å². The Labute approximate surface area is 135 Å². The summed E-state index contributed by atoms with van der Waals surface area (Å²) in [5, 5.41) is 10.2. The minimum absolute atomic E-state index is 0.168. The Balaban J connectivity index is 1.89. The Bertz CT molecular complexity index is 737. The number of rotatable bonds is 5. The van der Waals surface area contributed by atoms with Crippen molar-refractivity contribution in [1.29, 1.82) is 5.41 Å². The summed E-state index contributed by atoms with van der Waals surface area (Å²) < 4.78 is 1.91. The monoisotopic (exact) mass is 314 g/mol. The zero-order chi connectivity index (χ0) is 16.4. The van der Waals surface area contributed by atoms with Gasteiger partial charge in [-0.3, -0.25) is 20.1 Å². The number of nitrogens with zero attached hydrogens (tertiary/aromatic N) is 3. The lowest BCUT2D eigenvalue weighted by Gasteiger charge is -2.19. The summed E-state index contributed by atoms with van der Waals surface area (Å²) >= 11 is 0. The van der Waals surface area contributed by atoms with E-state index < -0.39 is 0 Å². The summed E-state index contributed by atoms with van der Waals surface area (Å²) in [7, 11) is 0. The Morgan fingerprint density at radius 1 is 1.48 bits per heavy atom. The minimum Gasteiger partial charge on any atom is -0.370 e. The molecule has 1 aromatic carbocycles. The first kappa shape index (κ1) is 15.3. The minimum atomic E-state index is -0.168. The second-order valence-corrected chi connectivity index (χ2v) is 6.01. The van der Waals surface area contributed by atoms with Crippen molar-refractivity contribution < 1.29 is 4.79 Å². The molecular weight excluding hydrogens is 292 g/mol. The van der Waals surface area contributed by atoms with E-state index in [2.05, 4.69) is 17.2 Å². The van der Waals surface area contributed by atoms with Gasteiger partial charge in [0.15, 0.2) is 5.96 Å². The number of fused-ring (bicyclic) bond motifs is 1. The molecule has 122 valence electrons. The molecule has 2 heterocycles. The average molecular weight is 314 g/mol. The number of hydrogen-bond donors (Lipinski definition) is 3. The topological polar surface area (TPSA) is 100 Å². The number of para-hydroxylation sites is 2. The molecule has 0 radical (unpaired) electrons. The molecule has 0 aliphatic carbocycles. The molecule has 7 nitrogen and oxygen atoms in total. The van der Waals surface area contributed by atoms with E-state index in [4.69, 9.17) is 11.1 Å². The first-order chi connectivity index (χ1) is 11.1. The van der Waals surface area contributed by atoms with Gasteiger partial charge in [0.05, 0.1) is 11.0 Å². The number of imidazole rings is 1. The van der Waals surface area contributed by atoms with Crippen LogP contribution in [0.3, 0.4) is 0 Å². The average Bonchev–Trinajstić information content (AvgIpc) is 3.01. The molecule has 1 unspecified atom stereocenters. The second kappa shape index (κ2) is 6.28. The van der Waals surface area contributed by atoms with Crippen LogP contribution in [0.4, 0.5) is 5.95 Å². The fraction of sp³-hybridized carbons (Fsp3) is 0.438. The highest BCUT2D eigenvalue weighted by Gasteiger charge is 2.29. The number of carbonyl (C=O) groups excluding carboxylic acids is 1. The molecule has 0 saturated carbocycles. The number of aromatic nitrogens is 2. The first-order valence-corrected chi connectivity index (χ1v) is 7.92. The summed E-state index contributed by atoms with van der Waals surface area (Å²) in [6.45, 7) is 3.35. The van der Waals surface area contributed by atoms with E-state index in [1.807, 2.05) is 33.7 Å². The highest BCUT2D eigenvalue weighted by molar-refractivity contribution is 5.90. The SMILES string of the molecule is CCCC1CC(=O)N(Cn2c(NC(=N)N)nc3ccccc32)C1. The third-order valence-electron chi connectivity index (χ3n) is 4.20. The third-order valence-corrected chi connectivity index (χ3v) is 4.20. The second-order valence-electron chi connectivity index (χ2n) is 6.01. The number of guanidine groups is 1. The zero-order valence-electron chi connectivity index (χ0n) is 13.2. The number of likely N-dealkylation sites (tertiary alicyclic amines) is 1. The van der Waals surface area contributed by atoms with E-state index in [1.54, 1.807) is 0 Å². The van der Waals surface area contributed by atoms with Gasteiger partial charge < -0.3 is 10.6 Å². The van der Waals surface area contributed by atoms with Gasteiger partial charge in [-0.25, -0.2) is 4.98 Å². The number of anilines is 1. The van der Waals surface area contributed by atoms with Crippen LogP contribution in [0.25, 0.3) is 11.0 Å². The molecule has 1 atom stereocenters. The predicted octanol–water partition coefficient (Wildman–Crippen LogP) is 1.95. The van der Waals surface area contributed by atoms with Crippen molar-refractivity contribution >= 4 is 28.8 Å². The van der Waals surface area contributed by atoms with Gasteiger partial charge in [-0.2, -0.15) is 0 Å². The van der Waals surface area contributed by atoms with Crippen LogP contribution < -0.4 is 11.1 Å². The highest BCUT2D eigenvalue weighted by atomic mass is 16.2. The van der Waals surface area contributed by atoms with Crippen molar-refractivity contribution in [2.24, 2.45) is 11.7 Å². The number of carbonyl (C=O) groups is 1. The van der Waals surface area contributed by atoms with Crippen LogP contribution in [0, 0.1) is 11.3 Å². The lowest BCUT2D eigenvalue weighted by Crippen LogP contribution is -2.30. The molecule has 1 saturated heterocycles. The number of nitrogens with one attached hydrogen (secondary N) is 2. The van der Waals surface area contributed by atoms with E-state index in [0.29, 0.717) is 25.0 Å². The smallest absolute Gasteiger partial charge is 0.224 e. The first-order valence-electron chi connectivity index (χ1n) is 7.92. The molecule has 0 bridgehead atoms. The number of nitrogens with two attached hydrogens (primary N) is 1. The van der Waals surface area contributed by atoms with E-state index in [1.165, 1.54) is 0 Å². The van der Waals surface area contributed by atoms with Crippen molar-refractivity contribution in [2.45, 2.75) is 32.9 Å². The van der Waals surface area contributed by atoms with E-state index >= 15 is 0 Å². The van der Waals surface area contributed by atoms with Gasteiger partial charge in [0.2, 0.25) is 11.9 Å². The van der Waals surface area contributed by atoms with Crippen LogP contribution >= 0.6 is 0 Å². The molecule has 2 aromatic rings. The molecule has 7 heteroatoms. The molecular formula is C16H22N6O. The normalized spacial score (nSPS) is 17.9. The van der Waals surface area contributed by atoms with Gasteiger partial charge in [-0.1, -0.05) is 25.5 Å². The van der Waals surface area contributed by atoms with Crippen molar-refractivity contribution in [1.82, 2.24) is 14.5 Å². The molecule has 3 rings (SSSR count). The largest absolute Gasteiger partial charge is 0.370 e. The van der Waals surface area contributed by atoms with Gasteiger partial charge in [0.1, 0.15) is 6.67 Å². The summed E-state index contributed by atoms with van der Waals surface area (Å²) in [5.74, 6) is 0.935. The molecule has 1 fully saturated rings. The number of hydrogen-bond acceptors (Lipinski definition) is 3. The van der Waals surface area contributed by atoms with Gasteiger partial charge in [0.25, 0.3) is 0 Å². The van der Waals surface area contributed by atoms with Crippen molar-refractivity contribution in [3.63, 3.8) is 0 Å². The molecule has 23 heavy (non-hydrogen) atoms. The summed E-state index contributed by atoms with van der Waals surface area (Å²) in [6.07, 6.45) is 2.79. The maximum Gasteiger partial charge on any atom is 0.224 e. The summed E-state index contributed by atoms with van der Waals surface area (Å²) in [6, 6.07) is 7.71. The standard InChI is InChI=1S/C16H22N6O/c1-2-5-11-8-14(23)21(9-11)10-22-13-7-4-3-6-12(13)19-16(22)20-15(17)18/h3-4,6-7,11H,2,5,8-10H2,1H3,(H4,17,18,19,20). The maximum atomic E-state index is 12.3. The summed E-state index contributed by atoms with van der Waals surface area (Å²) in [4.78, 5) is 18.6. The highest BCUT2D eigenvalue weighted by Crippen LogP contribution is 2.25. The van der Waals surface area contributed by atoms with Crippen molar-refractivity contribution in [2.75, 3.05) is 11.9 Å². The fourth-order valence-electron chi connectivity index (χ4n) is 3.20. The third kappa shape index (κ3) is 3.13. The van der Waals surface area contributed by atoms with Crippen LogP contribution in [0.1, 0.15) is 26.2 Å². The molecule has 1 aliphatic rings. The number of benzene rings is 1. The van der Waals surface area contributed by atoms with E-state index in [0.717, 1.165) is 30.4 Å². The van der Waals surface area contributed by atoms with E-state index in [-0.39, 0.29) is 11.9 Å². The van der Waals surface area contributed by atoms with Crippen LogP contribution in [0.15, 0.2) is 24.3 Å². The van der Waals surface area contributed by atoms with Crippen LogP contribution in [-0.4, -0.2) is 32.9 Å². The zero-order valence-corrected chi connectivity index (χ0v) is 13.2. The molecule has 1 aromatic heterocycles. The van der Waals surface area contributed by atoms with Crippen molar-refractivity contribution in [3.05, 3.63) is 24.3 Å². The lowest BCUT2D eigenvalue weighted by molar-refractivity contribution is -0.129. The van der Waals surface area contributed by atoms with E-state index in [9.17, 15) is 4.79 Å². The Kier molecular flexibility index (Phi) is 4.18. The molecule has 1 amide bonds. The van der Waals surface area contributed by atoms with Gasteiger partial charge in [-0.05, 0) is 24.5 Å². The molecule has 0 spiro atoms. The quantitative estimate of drug-likeness (QED) is 0.580. The fourth-order valence-corrected chi connectivity index (χ4v) is 3.20. The molecule has 1 aliphatic heterocycles. The van der Waals surface area contributed by atoms with Crippen LogP contribution in [0.5, 0.6) is 0 Å². The Morgan fingerprint density at radius 2 is 2.26 bits per heavy atom. The lowest BCUT2D eigenvalue weighted by atomic mass is 10.0. The predicted molar refractivity (Wildman–Crippen MR) is 90.0 cm³/mol. The van der Waals surface area contributed by atoms with Gasteiger partial charge in [0, 0.05) is 13.0 Å². The molecule has 4 N–H and O–H groups in total. The Morgan fingerprint density at radius 3 is 3.00 bits per heavy atom. The Hall–Kier alpha value is -2.57. The van der Waals surface area contributed by atoms with Gasteiger partial charge in [-0.15, -0.1) is 0 Å². The summed E-state index contributed by atoms with van der Waals surface area (Å²) in [5.41, 5.74) is 7.18. The number of amides is 1. The van der Waals surface area contributed by atoms with Crippen LogP contribution in [0.2, 0.25) is 0 Å². The maximum absolute atomic E-state index is 12.3. The van der Waals surface area contributed by atoms with Crippen LogP contribution in [-0.2, 0) is 11.5 Å².